The number of piperidine rings is 1. The molecule has 1 aromatic rings. The first kappa shape index (κ1) is 17.9. The van der Waals surface area contributed by atoms with E-state index in [9.17, 15) is 9.90 Å². The Balaban J connectivity index is 2.05. The maximum atomic E-state index is 11.8. The Kier molecular flexibility index (Phi) is 5.47. The molecule has 1 fully saturated rings. The molecule has 1 aromatic heterocycles. The Labute approximate surface area is 138 Å². The summed E-state index contributed by atoms with van der Waals surface area (Å²) in [5, 5.41) is 17.2. The second-order valence-corrected chi connectivity index (χ2v) is 7.67. The van der Waals surface area contributed by atoms with Gasteiger partial charge in [0, 0.05) is 37.9 Å². The molecule has 130 valence electrons. The quantitative estimate of drug-likeness (QED) is 0.840. The molecule has 6 heteroatoms. The molecule has 0 amide bonds. The molecule has 1 atom stereocenters. The van der Waals surface area contributed by atoms with Crippen molar-refractivity contribution in [3.8, 4) is 0 Å². The number of aromatic amines is 1. The van der Waals surface area contributed by atoms with Gasteiger partial charge < -0.3 is 9.84 Å². The van der Waals surface area contributed by atoms with Gasteiger partial charge >= 0.3 is 5.97 Å². The van der Waals surface area contributed by atoms with Crippen LogP contribution < -0.4 is 0 Å². The zero-order chi connectivity index (χ0) is 17.1. The van der Waals surface area contributed by atoms with E-state index in [0.717, 1.165) is 30.8 Å². The lowest BCUT2D eigenvalue weighted by Crippen LogP contribution is -2.48. The number of aromatic nitrogens is 2. The molecule has 6 nitrogen and oxygen atoms in total. The van der Waals surface area contributed by atoms with Gasteiger partial charge in [0.05, 0.1) is 11.1 Å². The van der Waals surface area contributed by atoms with Crippen LogP contribution in [0.25, 0.3) is 0 Å². The normalized spacial score (nSPS) is 23.1. The van der Waals surface area contributed by atoms with Crippen LogP contribution in [0.4, 0.5) is 0 Å². The van der Waals surface area contributed by atoms with E-state index >= 15 is 0 Å². The van der Waals surface area contributed by atoms with Crippen LogP contribution in [0.15, 0.2) is 6.07 Å². The van der Waals surface area contributed by atoms with Crippen molar-refractivity contribution in [2.24, 2.45) is 5.41 Å². The van der Waals surface area contributed by atoms with Crippen LogP contribution in [-0.2, 0) is 21.5 Å². The molecule has 2 heterocycles. The molecule has 0 bridgehead atoms. The number of hydrogen-bond acceptors (Lipinski definition) is 4. The smallest absolute Gasteiger partial charge is 0.311 e. The monoisotopic (exact) mass is 323 g/mol. The van der Waals surface area contributed by atoms with Crippen molar-refractivity contribution < 1.29 is 14.6 Å². The standard InChI is InChI=1S/C17H29N3O3/c1-16(2,3)14-10-13(18-19-14)11-20-8-5-6-17(12-20,15(21)22)7-9-23-4/h10H,5-9,11-12H2,1-4H3,(H,18,19)(H,21,22)/t17-/m1/s1. The van der Waals surface area contributed by atoms with Gasteiger partial charge in [0.25, 0.3) is 0 Å². The summed E-state index contributed by atoms with van der Waals surface area (Å²) in [7, 11) is 1.62. The predicted octanol–water partition coefficient (Wildman–Crippen LogP) is 2.41. The maximum Gasteiger partial charge on any atom is 0.311 e. The highest BCUT2D eigenvalue weighted by atomic mass is 16.5. The SMILES string of the molecule is COCC[C@]1(C(=O)O)CCCN(Cc2cc(C(C)(C)C)n[nH]2)C1. The zero-order valence-corrected chi connectivity index (χ0v) is 14.7. The van der Waals surface area contributed by atoms with Crippen molar-refractivity contribution in [3.05, 3.63) is 17.5 Å². The maximum absolute atomic E-state index is 11.8. The molecule has 0 radical (unpaired) electrons. The van der Waals surface area contributed by atoms with Gasteiger partial charge in [0.2, 0.25) is 0 Å². The molecule has 23 heavy (non-hydrogen) atoms. The number of H-pyrrole nitrogens is 1. The van der Waals surface area contributed by atoms with Gasteiger partial charge in [-0.3, -0.25) is 14.8 Å². The molecule has 0 aromatic carbocycles. The van der Waals surface area contributed by atoms with E-state index in [1.54, 1.807) is 7.11 Å². The Hall–Kier alpha value is -1.40. The van der Waals surface area contributed by atoms with E-state index in [2.05, 4.69) is 41.9 Å². The van der Waals surface area contributed by atoms with E-state index in [1.807, 2.05) is 0 Å². The Bertz CT molecular complexity index is 535. The third-order valence-electron chi connectivity index (χ3n) is 4.69. The zero-order valence-electron chi connectivity index (χ0n) is 14.7. The fourth-order valence-corrected chi connectivity index (χ4v) is 3.21. The molecule has 0 saturated carbocycles. The molecule has 0 spiro atoms. The first-order valence-corrected chi connectivity index (χ1v) is 8.26. The van der Waals surface area contributed by atoms with Crippen molar-refractivity contribution in [1.82, 2.24) is 15.1 Å². The van der Waals surface area contributed by atoms with Gasteiger partial charge in [-0.2, -0.15) is 5.10 Å². The highest BCUT2D eigenvalue weighted by Gasteiger charge is 2.42. The van der Waals surface area contributed by atoms with Crippen LogP contribution >= 0.6 is 0 Å². The number of rotatable bonds is 6. The number of ether oxygens (including phenoxy) is 1. The summed E-state index contributed by atoms with van der Waals surface area (Å²) >= 11 is 0. The number of nitrogens with zero attached hydrogens (tertiary/aromatic N) is 2. The van der Waals surface area contributed by atoms with E-state index in [1.165, 1.54) is 0 Å². The Morgan fingerprint density at radius 3 is 2.83 bits per heavy atom. The summed E-state index contributed by atoms with van der Waals surface area (Å²) < 4.78 is 5.12. The summed E-state index contributed by atoms with van der Waals surface area (Å²) in [6.45, 7) is 9.08. The molecule has 2 N–H and O–H groups in total. The van der Waals surface area contributed by atoms with Gasteiger partial charge in [-0.05, 0) is 31.9 Å². The van der Waals surface area contributed by atoms with E-state index in [-0.39, 0.29) is 5.41 Å². The second kappa shape index (κ2) is 7.01. The van der Waals surface area contributed by atoms with Crippen LogP contribution in [0.3, 0.4) is 0 Å². The highest BCUT2D eigenvalue weighted by Crippen LogP contribution is 2.34. The summed E-state index contributed by atoms with van der Waals surface area (Å²) in [4.78, 5) is 14.0. The van der Waals surface area contributed by atoms with Crippen molar-refractivity contribution in [2.45, 2.75) is 52.0 Å². The van der Waals surface area contributed by atoms with Gasteiger partial charge in [0.15, 0.2) is 0 Å². The predicted molar refractivity (Wildman–Crippen MR) is 88.4 cm³/mol. The van der Waals surface area contributed by atoms with E-state index in [4.69, 9.17) is 4.74 Å². The van der Waals surface area contributed by atoms with Crippen LogP contribution in [0, 0.1) is 5.41 Å². The summed E-state index contributed by atoms with van der Waals surface area (Å²) in [6.07, 6.45) is 2.18. The van der Waals surface area contributed by atoms with Crippen molar-refractivity contribution >= 4 is 5.97 Å². The number of likely N-dealkylation sites (tertiary alicyclic amines) is 1. The molecular weight excluding hydrogens is 294 g/mol. The first-order valence-electron chi connectivity index (χ1n) is 8.26. The number of aliphatic carboxylic acids is 1. The fourth-order valence-electron chi connectivity index (χ4n) is 3.21. The second-order valence-electron chi connectivity index (χ2n) is 7.67. The van der Waals surface area contributed by atoms with Gasteiger partial charge in [0.1, 0.15) is 0 Å². The third kappa shape index (κ3) is 4.32. The summed E-state index contributed by atoms with van der Waals surface area (Å²) in [5.41, 5.74) is 1.40. The number of carbonyl (C=O) groups is 1. The minimum Gasteiger partial charge on any atom is -0.481 e. The Morgan fingerprint density at radius 1 is 1.52 bits per heavy atom. The molecule has 0 aliphatic carbocycles. The van der Waals surface area contributed by atoms with Crippen molar-refractivity contribution in [1.29, 1.82) is 0 Å². The minimum atomic E-state index is -0.709. The average Bonchev–Trinajstić information content (AvgIpc) is 2.94. The molecule has 1 saturated heterocycles. The number of nitrogens with one attached hydrogen (secondary N) is 1. The van der Waals surface area contributed by atoms with Crippen LogP contribution in [0.5, 0.6) is 0 Å². The third-order valence-corrected chi connectivity index (χ3v) is 4.69. The van der Waals surface area contributed by atoms with Crippen LogP contribution in [0.2, 0.25) is 0 Å². The molecule has 2 rings (SSSR count). The number of hydrogen-bond donors (Lipinski definition) is 2. The van der Waals surface area contributed by atoms with Crippen LogP contribution in [-0.4, -0.2) is 53.0 Å². The lowest BCUT2D eigenvalue weighted by Gasteiger charge is -2.39. The fraction of sp³-hybridized carbons (Fsp3) is 0.765. The molecule has 1 aliphatic rings. The number of carboxylic acids is 1. The van der Waals surface area contributed by atoms with Crippen molar-refractivity contribution in [2.75, 3.05) is 26.8 Å². The molecular formula is C17H29N3O3. The highest BCUT2D eigenvalue weighted by molar-refractivity contribution is 5.75. The number of carboxylic acid groups (broad SMARTS) is 1. The van der Waals surface area contributed by atoms with E-state index in [0.29, 0.717) is 26.1 Å². The largest absolute Gasteiger partial charge is 0.481 e. The summed E-state index contributed by atoms with van der Waals surface area (Å²) in [5.74, 6) is -0.709. The van der Waals surface area contributed by atoms with Gasteiger partial charge in [-0.25, -0.2) is 0 Å². The Morgan fingerprint density at radius 2 is 2.26 bits per heavy atom. The lowest BCUT2D eigenvalue weighted by atomic mass is 9.77. The van der Waals surface area contributed by atoms with Gasteiger partial charge in [-0.15, -0.1) is 0 Å². The first-order chi connectivity index (χ1) is 10.8. The average molecular weight is 323 g/mol. The number of methoxy groups -OCH3 is 1. The summed E-state index contributed by atoms with van der Waals surface area (Å²) in [6, 6.07) is 2.09. The lowest BCUT2D eigenvalue weighted by molar-refractivity contribution is -0.154. The van der Waals surface area contributed by atoms with E-state index < -0.39 is 11.4 Å². The molecule has 1 aliphatic heterocycles. The van der Waals surface area contributed by atoms with Crippen molar-refractivity contribution in [3.63, 3.8) is 0 Å². The topological polar surface area (TPSA) is 78.5 Å². The molecule has 0 unspecified atom stereocenters. The minimum absolute atomic E-state index is 0.0138. The van der Waals surface area contributed by atoms with Crippen LogP contribution in [0.1, 0.15) is 51.4 Å². The van der Waals surface area contributed by atoms with Gasteiger partial charge in [-0.1, -0.05) is 20.8 Å².